The van der Waals surface area contributed by atoms with E-state index in [9.17, 15) is 0 Å². The maximum absolute atomic E-state index is 8.89. The van der Waals surface area contributed by atoms with Crippen molar-refractivity contribution in [3.8, 4) is 0 Å². The van der Waals surface area contributed by atoms with E-state index in [1.807, 2.05) is 0 Å². The summed E-state index contributed by atoms with van der Waals surface area (Å²) in [6.45, 7) is 0.972. The molecule has 2 nitrogen and oxygen atoms in total. The van der Waals surface area contributed by atoms with Crippen molar-refractivity contribution in [2.24, 2.45) is 0 Å². The number of carbonyl (C=O) groups is 1. The van der Waals surface area contributed by atoms with Gasteiger partial charge in [-0.15, -0.1) is 0 Å². The van der Waals surface area contributed by atoms with Crippen LogP contribution in [0.25, 0.3) is 0 Å². The fourth-order valence-corrected chi connectivity index (χ4v) is 0. The maximum atomic E-state index is 8.89. The smallest absolute Gasteiger partial charge is 0.550 e. The minimum atomic E-state index is -1.08. The van der Waals surface area contributed by atoms with Gasteiger partial charge in [0.2, 0.25) is 0 Å². The van der Waals surface area contributed by atoms with Crippen LogP contribution in [0.2, 0.25) is 0 Å². The molecule has 5 heavy (non-hydrogen) atoms. The first-order valence-electron chi connectivity index (χ1n) is 0.908. The van der Waals surface area contributed by atoms with Crippen molar-refractivity contribution < 1.29 is 48.5 Å². The predicted molar refractivity (Wildman–Crippen MR) is 10.7 cm³/mol. The van der Waals surface area contributed by atoms with Crippen molar-refractivity contribution in [3.63, 3.8) is 0 Å². The zero-order chi connectivity index (χ0) is 3.58. The molecule has 3 heteroatoms. The molecule has 0 unspecified atom stereocenters. The Morgan fingerprint density at radius 2 is 1.80 bits per heavy atom. The quantitative estimate of drug-likeness (QED) is 0.510. The van der Waals surface area contributed by atoms with E-state index >= 15 is 0 Å². The summed E-state index contributed by atoms with van der Waals surface area (Å²) in [5, 5.41) is 8.89. The van der Waals surface area contributed by atoms with Crippen LogP contribution < -0.4 is 5.11 Å². The van der Waals surface area contributed by atoms with Gasteiger partial charge in [0.15, 0.2) is 0 Å². The minimum absolute atomic E-state index is 0. The zero-order valence-corrected chi connectivity index (χ0v) is 4.79. The number of rotatable bonds is 0. The average molecular weight is 218 g/mol. The summed E-state index contributed by atoms with van der Waals surface area (Å²) < 4.78 is 0. The second-order valence-corrected chi connectivity index (χ2v) is 0.492. The van der Waals surface area contributed by atoms with E-state index in [4.69, 9.17) is 9.90 Å². The van der Waals surface area contributed by atoms with Gasteiger partial charge < -0.3 is 9.90 Å². The molecular weight excluding hydrogens is 215 g/mol. The van der Waals surface area contributed by atoms with Gasteiger partial charge in [-0.1, -0.05) is 0 Å². The van der Waals surface area contributed by atoms with Crippen LogP contribution in [0.3, 0.4) is 0 Å². The molecule has 0 aliphatic rings. The Morgan fingerprint density at radius 3 is 1.80 bits per heavy atom. The second kappa shape index (κ2) is 4.76. The molecule has 0 rings (SSSR count). The number of hydrogen-bond acceptors (Lipinski definition) is 2. The molecule has 0 aliphatic heterocycles. The molecule has 0 amide bonds. The van der Waals surface area contributed by atoms with E-state index in [1.165, 1.54) is 0 Å². The maximum Gasteiger partial charge on any atom is 3.00 e. The SMILES string of the molecule is CC(=O)[O-].[Tb+3]. The van der Waals surface area contributed by atoms with Crippen LogP contribution in [-0.2, 0) is 4.79 Å². The van der Waals surface area contributed by atoms with Gasteiger partial charge in [-0.05, 0) is 6.92 Å². The molecule has 0 radical (unpaired) electrons. The van der Waals surface area contributed by atoms with Gasteiger partial charge in [-0.3, -0.25) is 0 Å². The molecule has 30 valence electrons. The molecule has 0 atom stereocenters. The fourth-order valence-electron chi connectivity index (χ4n) is 0. The third-order valence-electron chi connectivity index (χ3n) is 0. The van der Waals surface area contributed by atoms with Gasteiger partial charge in [-0.25, -0.2) is 0 Å². The zero-order valence-electron chi connectivity index (χ0n) is 2.65. The topological polar surface area (TPSA) is 40.1 Å². The fraction of sp³-hybridized carbons (Fsp3) is 0.500. The number of aliphatic carboxylic acids is 1. The number of hydrogen-bond donors (Lipinski definition) is 0. The van der Waals surface area contributed by atoms with E-state index in [-0.39, 0.29) is 38.6 Å². The molecular formula is C2H3O2Tb+2. The summed E-state index contributed by atoms with van der Waals surface area (Å²) in [5.74, 6) is -1.08. The van der Waals surface area contributed by atoms with Gasteiger partial charge in [0, 0.05) is 5.97 Å². The number of carboxylic acid groups (broad SMARTS) is 1. The van der Waals surface area contributed by atoms with Crippen molar-refractivity contribution in [1.82, 2.24) is 0 Å². The molecule has 0 aromatic carbocycles. The Kier molecular flexibility index (Phi) is 8.78. The molecule has 0 bridgehead atoms. The van der Waals surface area contributed by atoms with Crippen LogP contribution in [0.5, 0.6) is 0 Å². The predicted octanol–water partition coefficient (Wildman–Crippen LogP) is -1.24. The first-order valence-corrected chi connectivity index (χ1v) is 0.908. The Morgan fingerprint density at radius 1 is 1.80 bits per heavy atom. The normalized spacial score (nSPS) is 5.00. The molecule has 0 aliphatic carbocycles. The first-order chi connectivity index (χ1) is 1.73. The van der Waals surface area contributed by atoms with E-state index < -0.39 is 5.97 Å². The van der Waals surface area contributed by atoms with Crippen molar-refractivity contribution in [2.45, 2.75) is 6.92 Å². The third-order valence-corrected chi connectivity index (χ3v) is 0. The van der Waals surface area contributed by atoms with Crippen molar-refractivity contribution in [3.05, 3.63) is 0 Å². The van der Waals surface area contributed by atoms with E-state index in [1.54, 1.807) is 0 Å². The monoisotopic (exact) mass is 218 g/mol. The van der Waals surface area contributed by atoms with Crippen molar-refractivity contribution >= 4 is 5.97 Å². The summed E-state index contributed by atoms with van der Waals surface area (Å²) in [6, 6.07) is 0. The molecule has 0 heterocycles. The van der Waals surface area contributed by atoms with Gasteiger partial charge in [-0.2, -0.15) is 0 Å². The average Bonchev–Trinajstić information content (AvgIpc) is 0.811. The van der Waals surface area contributed by atoms with Crippen LogP contribution in [0, 0.1) is 38.6 Å². The number of carboxylic acids is 1. The minimum Gasteiger partial charge on any atom is -0.550 e. The van der Waals surface area contributed by atoms with Crippen LogP contribution >= 0.6 is 0 Å². The summed E-state index contributed by atoms with van der Waals surface area (Å²) in [6.07, 6.45) is 0. The van der Waals surface area contributed by atoms with Gasteiger partial charge in [0.1, 0.15) is 0 Å². The summed E-state index contributed by atoms with van der Waals surface area (Å²) in [5.41, 5.74) is 0. The largest absolute Gasteiger partial charge is 3.00 e. The van der Waals surface area contributed by atoms with E-state index in [2.05, 4.69) is 0 Å². The molecule has 0 saturated carbocycles. The van der Waals surface area contributed by atoms with Crippen LogP contribution in [-0.4, -0.2) is 5.97 Å². The van der Waals surface area contributed by atoms with E-state index in [0.29, 0.717) is 0 Å². The summed E-state index contributed by atoms with van der Waals surface area (Å²) in [7, 11) is 0. The van der Waals surface area contributed by atoms with Crippen LogP contribution in [0.1, 0.15) is 6.92 Å². The second-order valence-electron chi connectivity index (χ2n) is 0.492. The third kappa shape index (κ3) is 63.2. The van der Waals surface area contributed by atoms with Crippen LogP contribution in [0.4, 0.5) is 0 Å². The Labute approximate surface area is 61.0 Å². The standard InChI is InChI=1S/C2H4O2.Tb/c1-2(3)4;/h1H3,(H,3,4);/q;+3/p-1. The Balaban J connectivity index is 0. The molecule has 0 fully saturated rings. The van der Waals surface area contributed by atoms with Crippen LogP contribution in [0.15, 0.2) is 0 Å². The first kappa shape index (κ1) is 9.23. The number of carbonyl (C=O) groups excluding carboxylic acids is 1. The van der Waals surface area contributed by atoms with Crippen molar-refractivity contribution in [2.75, 3.05) is 0 Å². The van der Waals surface area contributed by atoms with Gasteiger partial charge in [0.05, 0.1) is 0 Å². The molecule has 0 aromatic rings. The summed E-state index contributed by atoms with van der Waals surface area (Å²) in [4.78, 5) is 8.89. The van der Waals surface area contributed by atoms with Crippen molar-refractivity contribution in [1.29, 1.82) is 0 Å². The molecule has 0 spiro atoms. The Hall–Kier alpha value is 0.756. The molecule has 0 aromatic heterocycles. The molecule has 0 saturated heterocycles. The van der Waals surface area contributed by atoms with E-state index in [0.717, 1.165) is 6.92 Å². The summed E-state index contributed by atoms with van der Waals surface area (Å²) >= 11 is 0. The van der Waals surface area contributed by atoms with Gasteiger partial charge in [0.25, 0.3) is 0 Å². The Bertz CT molecular complexity index is 30.6. The van der Waals surface area contributed by atoms with Gasteiger partial charge >= 0.3 is 38.6 Å². The molecule has 0 N–H and O–H groups in total.